The lowest BCUT2D eigenvalue weighted by Crippen LogP contribution is -2.52. The summed E-state index contributed by atoms with van der Waals surface area (Å²) in [7, 11) is 0. The van der Waals surface area contributed by atoms with E-state index in [-0.39, 0.29) is 12.2 Å². The molecule has 7 heteroatoms. The average molecular weight is 596 g/mol. The van der Waals surface area contributed by atoms with Crippen LogP contribution in [0.2, 0.25) is 0 Å². The molecule has 0 saturated carbocycles. The lowest BCUT2D eigenvalue weighted by atomic mass is 9.84. The number of ether oxygens (including phenoxy) is 1. The highest BCUT2D eigenvalue weighted by atomic mass is 32.2. The van der Waals surface area contributed by atoms with E-state index >= 15 is 0 Å². The van der Waals surface area contributed by atoms with Gasteiger partial charge in [-0.05, 0) is 49.4 Å². The van der Waals surface area contributed by atoms with E-state index in [0.717, 1.165) is 27.2 Å². The van der Waals surface area contributed by atoms with Crippen LogP contribution in [-0.2, 0) is 25.5 Å². The Morgan fingerprint density at radius 2 is 1.14 bits per heavy atom. The molecule has 222 valence electrons. The van der Waals surface area contributed by atoms with Crippen LogP contribution in [0.5, 0.6) is 0 Å². The van der Waals surface area contributed by atoms with Crippen molar-refractivity contribution >= 4 is 29.7 Å². The normalized spacial score (nSPS) is 12.3. The third-order valence-electron chi connectivity index (χ3n) is 6.92. The Morgan fingerprint density at radius 3 is 1.53 bits per heavy atom. The summed E-state index contributed by atoms with van der Waals surface area (Å²) in [5.74, 6) is -1.96. The Labute approximate surface area is 257 Å². The van der Waals surface area contributed by atoms with Crippen molar-refractivity contribution < 1.29 is 24.2 Å². The average Bonchev–Trinajstić information content (AvgIpc) is 3.00. The molecule has 4 rings (SSSR count). The van der Waals surface area contributed by atoms with Crippen LogP contribution in [-0.4, -0.2) is 45.4 Å². The maximum absolute atomic E-state index is 13.7. The molecular formula is C36H37NO5S. The van der Waals surface area contributed by atoms with Crippen LogP contribution in [0.4, 0.5) is 4.79 Å². The zero-order valence-corrected chi connectivity index (χ0v) is 25.5. The molecule has 0 heterocycles. The molecule has 4 aromatic rings. The number of imide groups is 1. The number of amides is 2. The Kier molecular flexibility index (Phi) is 10.4. The van der Waals surface area contributed by atoms with E-state index in [1.54, 1.807) is 20.8 Å². The van der Waals surface area contributed by atoms with E-state index in [4.69, 9.17) is 4.74 Å². The second-order valence-corrected chi connectivity index (χ2v) is 12.4. The summed E-state index contributed by atoms with van der Waals surface area (Å²) in [5, 5.41) is 10.5. The van der Waals surface area contributed by atoms with Crippen LogP contribution in [0.1, 0.15) is 49.4 Å². The smallest absolute Gasteiger partial charge is 0.417 e. The number of thioether (sulfide) groups is 1. The fraction of sp³-hybridized carbons (Fsp3) is 0.250. The lowest BCUT2D eigenvalue weighted by Gasteiger charge is -2.37. The van der Waals surface area contributed by atoms with Crippen molar-refractivity contribution in [3.05, 3.63) is 144 Å². The molecule has 0 saturated heterocycles. The fourth-order valence-electron chi connectivity index (χ4n) is 4.96. The molecule has 0 aliphatic carbocycles. The molecule has 0 aliphatic rings. The van der Waals surface area contributed by atoms with Gasteiger partial charge >= 0.3 is 12.1 Å². The van der Waals surface area contributed by atoms with Crippen LogP contribution in [0.15, 0.2) is 121 Å². The topological polar surface area (TPSA) is 83.9 Å². The maximum Gasteiger partial charge on any atom is 0.417 e. The van der Waals surface area contributed by atoms with Crippen molar-refractivity contribution in [3.63, 3.8) is 0 Å². The van der Waals surface area contributed by atoms with Gasteiger partial charge < -0.3 is 9.84 Å². The first-order chi connectivity index (χ1) is 20.6. The van der Waals surface area contributed by atoms with E-state index in [0.29, 0.717) is 6.42 Å². The quantitative estimate of drug-likeness (QED) is 0.180. The van der Waals surface area contributed by atoms with Crippen molar-refractivity contribution in [2.45, 2.75) is 50.0 Å². The number of hydrogen-bond acceptors (Lipinski definition) is 5. The zero-order valence-electron chi connectivity index (χ0n) is 24.7. The molecule has 43 heavy (non-hydrogen) atoms. The Balaban J connectivity index is 1.76. The van der Waals surface area contributed by atoms with Gasteiger partial charge in [0.25, 0.3) is 0 Å². The van der Waals surface area contributed by atoms with Crippen LogP contribution in [0, 0.1) is 0 Å². The van der Waals surface area contributed by atoms with Gasteiger partial charge in [0.2, 0.25) is 5.91 Å². The zero-order chi connectivity index (χ0) is 30.9. The third-order valence-corrected chi connectivity index (χ3v) is 8.55. The first-order valence-electron chi connectivity index (χ1n) is 14.2. The summed E-state index contributed by atoms with van der Waals surface area (Å²) in [6, 6.07) is 37.5. The van der Waals surface area contributed by atoms with Gasteiger partial charge in [0, 0.05) is 12.2 Å². The number of nitrogens with zero attached hydrogens (tertiary/aromatic N) is 1. The Morgan fingerprint density at radius 1 is 0.721 bits per heavy atom. The number of carbonyl (C=O) groups excluding carboxylic acids is 2. The van der Waals surface area contributed by atoms with Gasteiger partial charge in [-0.25, -0.2) is 14.5 Å². The molecule has 0 fully saturated rings. The minimum Gasteiger partial charge on any atom is -0.480 e. The minimum absolute atomic E-state index is 0.0428. The highest BCUT2D eigenvalue weighted by molar-refractivity contribution is 8.00. The van der Waals surface area contributed by atoms with Crippen LogP contribution in [0.25, 0.3) is 0 Å². The fourth-order valence-corrected chi connectivity index (χ4v) is 6.57. The summed E-state index contributed by atoms with van der Waals surface area (Å²) in [4.78, 5) is 40.9. The molecule has 1 atom stereocenters. The summed E-state index contributed by atoms with van der Waals surface area (Å²) in [6.45, 7) is 5.06. The van der Waals surface area contributed by atoms with Crippen LogP contribution >= 0.6 is 11.8 Å². The van der Waals surface area contributed by atoms with Gasteiger partial charge in [0.15, 0.2) is 0 Å². The second kappa shape index (κ2) is 14.2. The number of aliphatic carboxylic acids is 1. The summed E-state index contributed by atoms with van der Waals surface area (Å²) in [6.07, 6.45) is -0.650. The monoisotopic (exact) mass is 595 g/mol. The summed E-state index contributed by atoms with van der Waals surface area (Å²) in [5.41, 5.74) is 2.83. The van der Waals surface area contributed by atoms with E-state index in [1.807, 2.05) is 121 Å². The van der Waals surface area contributed by atoms with Gasteiger partial charge in [0.05, 0.1) is 4.75 Å². The number of hydrogen-bond donors (Lipinski definition) is 1. The predicted molar refractivity (Wildman–Crippen MR) is 171 cm³/mol. The van der Waals surface area contributed by atoms with Gasteiger partial charge in [-0.2, -0.15) is 0 Å². The molecule has 0 radical (unpaired) electrons. The molecule has 0 spiro atoms. The molecule has 1 N–H and O–H groups in total. The molecule has 0 bridgehead atoms. The van der Waals surface area contributed by atoms with Crippen molar-refractivity contribution in [2.24, 2.45) is 0 Å². The number of carboxylic acid groups (broad SMARTS) is 1. The van der Waals surface area contributed by atoms with Gasteiger partial charge in [-0.3, -0.25) is 4.79 Å². The molecule has 6 nitrogen and oxygen atoms in total. The third kappa shape index (κ3) is 7.93. The molecule has 0 unspecified atom stereocenters. The van der Waals surface area contributed by atoms with Gasteiger partial charge in [-0.15, -0.1) is 11.8 Å². The van der Waals surface area contributed by atoms with E-state index < -0.39 is 34.4 Å². The van der Waals surface area contributed by atoms with E-state index in [1.165, 1.54) is 11.8 Å². The Bertz CT molecular complexity index is 1390. The van der Waals surface area contributed by atoms with Crippen molar-refractivity contribution in [1.82, 2.24) is 4.90 Å². The lowest BCUT2D eigenvalue weighted by molar-refractivity contribution is -0.148. The predicted octanol–water partition coefficient (Wildman–Crippen LogP) is 7.56. The number of carboxylic acids is 1. The van der Waals surface area contributed by atoms with E-state index in [9.17, 15) is 19.5 Å². The SMILES string of the molecule is CC(C)(C)OC(=O)N(C(=O)CCc1ccccc1)[C@@H](CSC(c1ccccc1)(c1ccccc1)c1ccccc1)C(=O)O. The Hall–Kier alpha value is -4.36. The largest absolute Gasteiger partial charge is 0.480 e. The standard InChI is InChI=1S/C36H37NO5S/c1-35(2,3)42-34(41)37(32(38)25-24-27-16-8-4-9-17-27)31(33(39)40)26-43-36(28-18-10-5-11-19-28,29-20-12-6-13-21-29)30-22-14-7-15-23-30/h4-23,31H,24-26H2,1-3H3,(H,39,40)/t31-/m0/s1. The highest BCUT2D eigenvalue weighted by Gasteiger charge is 2.42. The number of aryl methyl sites for hydroxylation is 1. The van der Waals surface area contributed by atoms with Gasteiger partial charge in [0.1, 0.15) is 11.6 Å². The molecule has 0 aliphatic heterocycles. The van der Waals surface area contributed by atoms with Crippen molar-refractivity contribution in [1.29, 1.82) is 0 Å². The van der Waals surface area contributed by atoms with E-state index in [2.05, 4.69) is 0 Å². The first-order valence-corrected chi connectivity index (χ1v) is 15.2. The van der Waals surface area contributed by atoms with Crippen LogP contribution < -0.4 is 0 Å². The minimum atomic E-state index is -1.47. The number of carbonyl (C=O) groups is 3. The van der Waals surface area contributed by atoms with Crippen LogP contribution in [0.3, 0.4) is 0 Å². The van der Waals surface area contributed by atoms with Gasteiger partial charge in [-0.1, -0.05) is 121 Å². The number of benzene rings is 4. The van der Waals surface area contributed by atoms with Crippen molar-refractivity contribution in [3.8, 4) is 0 Å². The first kappa shape index (κ1) is 31.6. The number of rotatable bonds is 11. The molecular weight excluding hydrogens is 558 g/mol. The molecule has 0 aromatic heterocycles. The molecule has 2 amide bonds. The summed E-state index contributed by atoms with van der Waals surface area (Å²) < 4.78 is 4.75. The highest BCUT2D eigenvalue weighted by Crippen LogP contribution is 2.49. The molecule has 4 aromatic carbocycles. The second-order valence-electron chi connectivity index (χ2n) is 11.2. The summed E-state index contributed by atoms with van der Waals surface area (Å²) >= 11 is 1.38. The van der Waals surface area contributed by atoms with Crippen molar-refractivity contribution in [2.75, 3.05) is 5.75 Å². The maximum atomic E-state index is 13.7.